The number of fused-ring (bicyclic) bond motifs is 1. The molecule has 1 fully saturated rings. The maximum Gasteiger partial charge on any atom is 0.241 e. The zero-order chi connectivity index (χ0) is 15.7. The van der Waals surface area contributed by atoms with Gasteiger partial charge < -0.3 is 0 Å². The number of rotatable bonds is 3. The molecule has 0 aromatic heterocycles. The molecule has 2 aromatic carbocycles. The lowest BCUT2D eigenvalue weighted by Crippen LogP contribution is -2.41. The van der Waals surface area contributed by atoms with Crippen LogP contribution in [0.3, 0.4) is 0 Å². The molecule has 5 heteroatoms. The first-order valence-corrected chi connectivity index (χ1v) is 9.96. The standard InChI is InChI=1S/C17H20BrNO2S/c1-12-6-2-5-9-16(12)19-22(20,21)17-11-10-15(18)13-7-3-4-8-14(13)17/h3-4,7-8,10-12,16,19H,2,5-6,9H2,1H3/t12-,16-/m1/s1. The zero-order valence-electron chi connectivity index (χ0n) is 12.5. The maximum atomic E-state index is 12.8. The van der Waals surface area contributed by atoms with Gasteiger partial charge in [-0.05, 0) is 36.3 Å². The molecule has 3 rings (SSSR count). The van der Waals surface area contributed by atoms with Gasteiger partial charge in [-0.25, -0.2) is 13.1 Å². The topological polar surface area (TPSA) is 46.2 Å². The fraction of sp³-hybridized carbons (Fsp3) is 0.412. The van der Waals surface area contributed by atoms with Crippen LogP contribution in [0.2, 0.25) is 0 Å². The van der Waals surface area contributed by atoms with Gasteiger partial charge in [0.1, 0.15) is 0 Å². The normalized spacial score (nSPS) is 22.8. The Hall–Kier alpha value is -0.910. The second-order valence-electron chi connectivity index (χ2n) is 6.08. The summed E-state index contributed by atoms with van der Waals surface area (Å²) in [5.74, 6) is 0.394. The van der Waals surface area contributed by atoms with Gasteiger partial charge in [-0.15, -0.1) is 0 Å². The molecule has 22 heavy (non-hydrogen) atoms. The number of halogens is 1. The Morgan fingerprint density at radius 1 is 1.05 bits per heavy atom. The van der Waals surface area contributed by atoms with Gasteiger partial charge in [-0.1, -0.05) is 60.0 Å². The lowest BCUT2D eigenvalue weighted by atomic mass is 9.87. The molecule has 118 valence electrons. The van der Waals surface area contributed by atoms with E-state index in [1.165, 1.54) is 6.42 Å². The summed E-state index contributed by atoms with van der Waals surface area (Å²) in [5.41, 5.74) is 0. The van der Waals surface area contributed by atoms with Crippen molar-refractivity contribution >= 4 is 36.7 Å². The van der Waals surface area contributed by atoms with E-state index in [2.05, 4.69) is 27.6 Å². The van der Waals surface area contributed by atoms with Gasteiger partial charge >= 0.3 is 0 Å². The van der Waals surface area contributed by atoms with Crippen molar-refractivity contribution in [2.45, 2.75) is 43.5 Å². The van der Waals surface area contributed by atoms with Crippen molar-refractivity contribution in [2.24, 2.45) is 5.92 Å². The van der Waals surface area contributed by atoms with E-state index in [1.807, 2.05) is 24.3 Å². The molecule has 2 atom stereocenters. The third kappa shape index (κ3) is 3.07. The van der Waals surface area contributed by atoms with E-state index in [0.29, 0.717) is 10.8 Å². The van der Waals surface area contributed by atoms with E-state index in [-0.39, 0.29) is 6.04 Å². The van der Waals surface area contributed by atoms with Crippen LogP contribution in [-0.2, 0) is 10.0 Å². The van der Waals surface area contributed by atoms with Gasteiger partial charge in [0.25, 0.3) is 0 Å². The van der Waals surface area contributed by atoms with Crippen LogP contribution < -0.4 is 4.72 Å². The summed E-state index contributed by atoms with van der Waals surface area (Å²) in [4.78, 5) is 0.365. The van der Waals surface area contributed by atoms with Gasteiger partial charge in [0, 0.05) is 15.9 Å². The summed E-state index contributed by atoms with van der Waals surface area (Å²) in [7, 11) is -3.51. The van der Waals surface area contributed by atoms with Crippen LogP contribution in [0.25, 0.3) is 10.8 Å². The second-order valence-corrected chi connectivity index (χ2v) is 8.62. The van der Waals surface area contributed by atoms with Crippen molar-refractivity contribution in [3.05, 3.63) is 40.9 Å². The molecule has 0 heterocycles. The summed E-state index contributed by atoms with van der Waals surface area (Å²) in [5, 5.41) is 1.68. The Kier molecular flexibility index (Phi) is 4.57. The predicted octanol–water partition coefficient (Wildman–Crippen LogP) is 4.46. The first-order valence-electron chi connectivity index (χ1n) is 7.68. The average molecular weight is 382 g/mol. The Bertz CT molecular complexity index is 788. The lowest BCUT2D eigenvalue weighted by molar-refractivity contribution is 0.310. The maximum absolute atomic E-state index is 12.8. The van der Waals surface area contributed by atoms with Crippen LogP contribution in [0.15, 0.2) is 45.8 Å². The minimum absolute atomic E-state index is 0.0427. The number of hydrogen-bond acceptors (Lipinski definition) is 2. The molecule has 0 unspecified atom stereocenters. The highest BCUT2D eigenvalue weighted by atomic mass is 79.9. The molecule has 0 spiro atoms. The van der Waals surface area contributed by atoms with Crippen molar-refractivity contribution in [2.75, 3.05) is 0 Å². The molecule has 2 aromatic rings. The zero-order valence-corrected chi connectivity index (χ0v) is 15.0. The van der Waals surface area contributed by atoms with E-state index >= 15 is 0 Å². The number of sulfonamides is 1. The van der Waals surface area contributed by atoms with E-state index < -0.39 is 10.0 Å². The Morgan fingerprint density at radius 3 is 2.45 bits per heavy atom. The molecular formula is C17H20BrNO2S. The molecule has 0 bridgehead atoms. The van der Waals surface area contributed by atoms with E-state index in [9.17, 15) is 8.42 Å². The molecule has 1 saturated carbocycles. The van der Waals surface area contributed by atoms with Gasteiger partial charge in [-0.2, -0.15) is 0 Å². The molecule has 0 aliphatic heterocycles. The Morgan fingerprint density at radius 2 is 1.73 bits per heavy atom. The highest BCUT2D eigenvalue weighted by Gasteiger charge is 2.27. The third-order valence-corrected chi connectivity index (χ3v) is 6.78. The lowest BCUT2D eigenvalue weighted by Gasteiger charge is -2.29. The Balaban J connectivity index is 2.01. The fourth-order valence-electron chi connectivity index (χ4n) is 3.22. The first-order chi connectivity index (χ1) is 10.5. The largest absolute Gasteiger partial charge is 0.241 e. The molecule has 1 aliphatic carbocycles. The van der Waals surface area contributed by atoms with E-state index in [1.54, 1.807) is 12.1 Å². The first kappa shape index (κ1) is 16.0. The number of hydrogen-bond donors (Lipinski definition) is 1. The SMILES string of the molecule is C[C@@H]1CCCC[C@H]1NS(=O)(=O)c1ccc(Br)c2ccccc12. The summed E-state index contributed by atoms with van der Waals surface area (Å²) in [6, 6.07) is 11.1. The summed E-state index contributed by atoms with van der Waals surface area (Å²) >= 11 is 3.49. The minimum Gasteiger partial charge on any atom is -0.208 e. The molecule has 0 saturated heterocycles. The highest BCUT2D eigenvalue weighted by molar-refractivity contribution is 9.10. The van der Waals surface area contributed by atoms with Crippen LogP contribution in [0.5, 0.6) is 0 Å². The van der Waals surface area contributed by atoms with E-state index in [0.717, 1.165) is 34.5 Å². The van der Waals surface area contributed by atoms with Crippen molar-refractivity contribution in [3.8, 4) is 0 Å². The van der Waals surface area contributed by atoms with Crippen molar-refractivity contribution in [3.63, 3.8) is 0 Å². The molecular weight excluding hydrogens is 362 g/mol. The van der Waals surface area contributed by atoms with Gasteiger partial charge in [-0.3, -0.25) is 0 Å². The highest BCUT2D eigenvalue weighted by Crippen LogP contribution is 2.31. The molecule has 1 N–H and O–H groups in total. The average Bonchev–Trinajstić information content (AvgIpc) is 2.50. The second kappa shape index (κ2) is 6.30. The van der Waals surface area contributed by atoms with E-state index in [4.69, 9.17) is 0 Å². The fourth-order valence-corrected chi connectivity index (χ4v) is 5.29. The molecule has 0 radical (unpaired) electrons. The minimum atomic E-state index is -3.51. The molecule has 3 nitrogen and oxygen atoms in total. The van der Waals surface area contributed by atoms with Crippen LogP contribution in [0.4, 0.5) is 0 Å². The summed E-state index contributed by atoms with van der Waals surface area (Å²) in [6.45, 7) is 2.13. The molecule has 0 amide bonds. The predicted molar refractivity (Wildman–Crippen MR) is 93.4 cm³/mol. The van der Waals surface area contributed by atoms with Crippen molar-refractivity contribution in [1.82, 2.24) is 4.72 Å². The summed E-state index contributed by atoms with van der Waals surface area (Å²) < 4.78 is 29.5. The van der Waals surface area contributed by atoms with Crippen molar-refractivity contribution in [1.29, 1.82) is 0 Å². The Labute approximate surface area is 140 Å². The van der Waals surface area contributed by atoms with Gasteiger partial charge in [0.15, 0.2) is 0 Å². The van der Waals surface area contributed by atoms with Crippen LogP contribution >= 0.6 is 15.9 Å². The monoisotopic (exact) mass is 381 g/mol. The van der Waals surface area contributed by atoms with Gasteiger partial charge in [0.2, 0.25) is 10.0 Å². The molecule has 1 aliphatic rings. The quantitative estimate of drug-likeness (QED) is 0.852. The van der Waals surface area contributed by atoms with Gasteiger partial charge in [0.05, 0.1) is 4.90 Å². The number of benzene rings is 2. The third-order valence-electron chi connectivity index (χ3n) is 4.54. The van der Waals surface area contributed by atoms with Crippen molar-refractivity contribution < 1.29 is 8.42 Å². The summed E-state index contributed by atoms with van der Waals surface area (Å²) in [6.07, 6.45) is 4.31. The van der Waals surface area contributed by atoms with Crippen LogP contribution in [0.1, 0.15) is 32.6 Å². The smallest absolute Gasteiger partial charge is 0.208 e. The van der Waals surface area contributed by atoms with Crippen LogP contribution in [-0.4, -0.2) is 14.5 Å². The number of nitrogens with one attached hydrogen (secondary N) is 1. The van der Waals surface area contributed by atoms with Crippen LogP contribution in [0, 0.1) is 5.92 Å².